The monoisotopic (exact) mass is 473 g/mol. The van der Waals surface area contributed by atoms with E-state index >= 15 is 0 Å². The number of fused-ring (bicyclic) bond motifs is 2. The molecule has 0 atom stereocenters. The van der Waals surface area contributed by atoms with Crippen molar-refractivity contribution in [3.8, 4) is 10.6 Å². The van der Waals surface area contributed by atoms with Gasteiger partial charge in [-0.2, -0.15) is 0 Å². The molecule has 1 amide bonds. The van der Waals surface area contributed by atoms with Crippen LogP contribution < -0.4 is 0 Å². The lowest BCUT2D eigenvalue weighted by Gasteiger charge is -2.31. The summed E-state index contributed by atoms with van der Waals surface area (Å²) in [4.78, 5) is 21.3. The van der Waals surface area contributed by atoms with E-state index in [1.54, 1.807) is 0 Å². The number of pyridine rings is 2. The summed E-state index contributed by atoms with van der Waals surface area (Å²) in [6.45, 7) is 1.37. The van der Waals surface area contributed by atoms with Crippen LogP contribution in [0.25, 0.3) is 27.1 Å². The van der Waals surface area contributed by atoms with Crippen molar-refractivity contribution in [2.45, 2.75) is 18.8 Å². The lowest BCUT2D eigenvalue weighted by molar-refractivity contribution is 0.0713. The first-order valence-electron chi connectivity index (χ1n) is 10.9. The van der Waals surface area contributed by atoms with E-state index in [9.17, 15) is 4.79 Å². The van der Waals surface area contributed by atoms with Crippen molar-refractivity contribution >= 4 is 45.4 Å². The molecule has 0 radical (unpaired) electrons. The second kappa shape index (κ2) is 8.24. The van der Waals surface area contributed by atoms with Crippen LogP contribution in [-0.4, -0.2) is 43.5 Å². The Labute approximate surface area is 199 Å². The largest absolute Gasteiger partial charge is 0.339 e. The molecule has 1 saturated heterocycles. The number of carbonyl (C=O) groups is 1. The molecule has 164 valence electrons. The first-order chi connectivity index (χ1) is 16.2. The second-order valence-electron chi connectivity index (χ2n) is 8.23. The van der Waals surface area contributed by atoms with Crippen molar-refractivity contribution in [2.75, 3.05) is 13.1 Å². The van der Waals surface area contributed by atoms with Gasteiger partial charge in [-0.15, -0.1) is 21.5 Å². The zero-order valence-electron chi connectivity index (χ0n) is 17.7. The maximum absolute atomic E-state index is 13.7. The minimum absolute atomic E-state index is 0.0436. The predicted molar refractivity (Wildman–Crippen MR) is 131 cm³/mol. The van der Waals surface area contributed by atoms with Crippen molar-refractivity contribution in [3.63, 3.8) is 0 Å². The number of nitrogens with zero attached hydrogens (tertiary/aromatic N) is 5. The van der Waals surface area contributed by atoms with Crippen LogP contribution in [0, 0.1) is 0 Å². The molecular weight excluding hydrogens is 454 g/mol. The summed E-state index contributed by atoms with van der Waals surface area (Å²) < 4.78 is 2.76. The zero-order valence-corrected chi connectivity index (χ0v) is 19.3. The lowest BCUT2D eigenvalue weighted by Crippen LogP contribution is -2.38. The highest BCUT2D eigenvalue weighted by Gasteiger charge is 2.28. The van der Waals surface area contributed by atoms with E-state index in [0.29, 0.717) is 23.0 Å². The fourth-order valence-electron chi connectivity index (χ4n) is 4.58. The summed E-state index contributed by atoms with van der Waals surface area (Å²) in [6, 6.07) is 19.5. The van der Waals surface area contributed by atoms with Gasteiger partial charge in [0.15, 0.2) is 5.65 Å². The number of hydrogen-bond donors (Lipinski definition) is 0. The molecule has 0 aliphatic carbocycles. The molecule has 0 unspecified atom stereocenters. The molecular formula is C25H20ClN5OS. The highest BCUT2D eigenvalue weighted by Crippen LogP contribution is 2.34. The van der Waals surface area contributed by atoms with Crippen LogP contribution >= 0.6 is 22.9 Å². The smallest absolute Gasteiger partial charge is 0.254 e. The number of piperidine rings is 1. The number of likely N-dealkylation sites (tertiary alicyclic amines) is 1. The number of rotatable bonds is 3. The standard InChI is InChI=1S/C25H20ClN5OS/c26-22-9-8-21(33-22)20-15-18(17-5-1-2-6-19(17)27-20)25(32)30-13-10-16(11-14-30)24-29-28-23-7-3-4-12-31(23)24/h1-9,12,15-16H,10-11,13-14H2. The molecule has 4 aromatic heterocycles. The van der Waals surface area contributed by atoms with E-state index in [4.69, 9.17) is 16.6 Å². The van der Waals surface area contributed by atoms with Crippen LogP contribution in [0.15, 0.2) is 66.9 Å². The highest BCUT2D eigenvalue weighted by molar-refractivity contribution is 7.19. The Morgan fingerprint density at radius 3 is 2.64 bits per heavy atom. The summed E-state index contributed by atoms with van der Waals surface area (Å²) in [5, 5.41) is 9.59. The van der Waals surface area contributed by atoms with Crippen LogP contribution in [0.3, 0.4) is 0 Å². The van der Waals surface area contributed by atoms with Crippen molar-refractivity contribution in [2.24, 2.45) is 0 Å². The molecule has 33 heavy (non-hydrogen) atoms. The molecule has 6 nitrogen and oxygen atoms in total. The third-order valence-corrected chi connectivity index (χ3v) is 7.51. The Balaban J connectivity index is 1.29. The summed E-state index contributed by atoms with van der Waals surface area (Å²) in [5.41, 5.74) is 3.13. The summed E-state index contributed by atoms with van der Waals surface area (Å²) in [6.07, 6.45) is 3.72. The molecule has 0 bridgehead atoms. The number of carbonyl (C=O) groups excluding carboxylic acids is 1. The van der Waals surface area contributed by atoms with Crippen LogP contribution in [-0.2, 0) is 0 Å². The molecule has 0 N–H and O–H groups in total. The Morgan fingerprint density at radius 1 is 1.00 bits per heavy atom. The van der Waals surface area contributed by atoms with E-state index in [2.05, 4.69) is 14.6 Å². The molecule has 0 spiro atoms. The third-order valence-electron chi connectivity index (χ3n) is 6.26. The van der Waals surface area contributed by atoms with E-state index in [-0.39, 0.29) is 11.8 Å². The van der Waals surface area contributed by atoms with Crippen molar-refractivity contribution < 1.29 is 4.79 Å². The Hall–Kier alpha value is -3.29. The number of hydrogen-bond acceptors (Lipinski definition) is 5. The Bertz CT molecular complexity index is 1480. The fraction of sp³-hybridized carbons (Fsp3) is 0.200. The summed E-state index contributed by atoms with van der Waals surface area (Å²) in [5.74, 6) is 1.30. The van der Waals surface area contributed by atoms with Crippen LogP contribution in [0.5, 0.6) is 0 Å². The quantitative estimate of drug-likeness (QED) is 0.338. The van der Waals surface area contributed by atoms with Gasteiger partial charge in [0.2, 0.25) is 0 Å². The Kier molecular flexibility index (Phi) is 5.08. The molecule has 5 aromatic rings. The molecule has 0 saturated carbocycles. The van der Waals surface area contributed by atoms with E-state index in [0.717, 1.165) is 45.8 Å². The van der Waals surface area contributed by atoms with Crippen molar-refractivity contribution in [1.82, 2.24) is 24.5 Å². The van der Waals surface area contributed by atoms with Crippen molar-refractivity contribution in [3.05, 3.63) is 82.6 Å². The molecule has 1 aliphatic heterocycles. The van der Waals surface area contributed by atoms with Gasteiger partial charge in [0, 0.05) is 30.6 Å². The number of aromatic nitrogens is 4. The average molecular weight is 474 g/mol. The predicted octanol–water partition coefficient (Wildman–Crippen LogP) is 5.68. The normalized spacial score (nSPS) is 14.9. The van der Waals surface area contributed by atoms with Gasteiger partial charge in [-0.1, -0.05) is 35.9 Å². The summed E-state index contributed by atoms with van der Waals surface area (Å²) >= 11 is 7.62. The van der Waals surface area contributed by atoms with Gasteiger partial charge in [-0.05, 0) is 49.2 Å². The molecule has 5 heterocycles. The number of thiophene rings is 1. The highest BCUT2D eigenvalue weighted by atomic mass is 35.5. The van der Waals surface area contributed by atoms with Gasteiger partial charge in [0.25, 0.3) is 5.91 Å². The lowest BCUT2D eigenvalue weighted by atomic mass is 9.95. The van der Waals surface area contributed by atoms with Gasteiger partial charge in [0.05, 0.1) is 26.0 Å². The van der Waals surface area contributed by atoms with Gasteiger partial charge < -0.3 is 4.90 Å². The number of para-hydroxylation sites is 1. The van der Waals surface area contributed by atoms with Gasteiger partial charge >= 0.3 is 0 Å². The maximum atomic E-state index is 13.7. The molecule has 6 rings (SSSR count). The third kappa shape index (κ3) is 3.67. The van der Waals surface area contributed by atoms with Crippen LogP contribution in [0.2, 0.25) is 4.34 Å². The first kappa shape index (κ1) is 20.3. The molecule has 8 heteroatoms. The minimum Gasteiger partial charge on any atom is -0.339 e. The SMILES string of the molecule is O=C(c1cc(-c2ccc(Cl)s2)nc2ccccc12)N1CCC(c2nnc3ccccn23)CC1. The van der Waals surface area contributed by atoms with Gasteiger partial charge in [-0.3, -0.25) is 9.20 Å². The Morgan fingerprint density at radius 2 is 1.82 bits per heavy atom. The van der Waals surface area contributed by atoms with Crippen LogP contribution in [0.4, 0.5) is 0 Å². The fourth-order valence-corrected chi connectivity index (χ4v) is 5.58. The first-order valence-corrected chi connectivity index (χ1v) is 12.1. The molecule has 1 fully saturated rings. The van der Waals surface area contributed by atoms with Crippen LogP contribution in [0.1, 0.15) is 34.9 Å². The van der Waals surface area contributed by atoms with Crippen molar-refractivity contribution in [1.29, 1.82) is 0 Å². The van der Waals surface area contributed by atoms with Gasteiger partial charge in [0.1, 0.15) is 5.82 Å². The number of amides is 1. The van der Waals surface area contributed by atoms with E-state index < -0.39 is 0 Å². The number of halogens is 1. The average Bonchev–Trinajstić information content (AvgIpc) is 3.49. The minimum atomic E-state index is 0.0436. The number of benzene rings is 1. The van der Waals surface area contributed by atoms with E-state index in [1.807, 2.05) is 71.8 Å². The second-order valence-corrected chi connectivity index (χ2v) is 9.94. The van der Waals surface area contributed by atoms with Gasteiger partial charge in [-0.25, -0.2) is 4.98 Å². The molecule has 1 aliphatic rings. The summed E-state index contributed by atoms with van der Waals surface area (Å²) in [7, 11) is 0. The maximum Gasteiger partial charge on any atom is 0.254 e. The molecule has 1 aromatic carbocycles. The topological polar surface area (TPSA) is 63.4 Å². The van der Waals surface area contributed by atoms with E-state index in [1.165, 1.54) is 11.3 Å². The zero-order chi connectivity index (χ0) is 22.4.